The van der Waals surface area contributed by atoms with Crippen LogP contribution in [0.15, 0.2) is 24.5 Å². The van der Waals surface area contributed by atoms with Crippen LogP contribution in [0.1, 0.15) is 46.6 Å². The molecule has 3 amide bonds. The summed E-state index contributed by atoms with van der Waals surface area (Å²) in [5.74, 6) is -3.46. The van der Waals surface area contributed by atoms with E-state index in [0.717, 1.165) is 12.5 Å². The molecule has 0 unspecified atom stereocenters. The number of hydrogen-bond donors (Lipinski definition) is 2. The van der Waals surface area contributed by atoms with Crippen LogP contribution in [0.25, 0.3) is 0 Å². The fourth-order valence-electron chi connectivity index (χ4n) is 3.55. The largest absolute Gasteiger partial charge is 0.471 e. The van der Waals surface area contributed by atoms with Gasteiger partial charge in [0, 0.05) is 69.1 Å². The summed E-state index contributed by atoms with van der Waals surface area (Å²) in [6.07, 6.45) is 3.01. The van der Waals surface area contributed by atoms with Gasteiger partial charge in [0.15, 0.2) is 6.61 Å². The lowest BCUT2D eigenvalue weighted by molar-refractivity contribution is -0.121. The summed E-state index contributed by atoms with van der Waals surface area (Å²) in [7, 11) is 0. The smallest absolute Gasteiger partial charge is 0.278 e. The molecule has 9 nitrogen and oxygen atoms in total. The number of rotatable bonds is 10. The molecule has 3 rings (SSSR count). The molecule has 0 saturated heterocycles. The molecule has 2 aromatic heterocycles. The number of carbonyl (C=O) groups excluding carboxylic acids is 3. The van der Waals surface area contributed by atoms with E-state index in [1.807, 2.05) is 0 Å². The van der Waals surface area contributed by atoms with Crippen molar-refractivity contribution in [2.24, 2.45) is 0 Å². The number of aryl methyl sites for hydroxylation is 1. The Morgan fingerprint density at radius 3 is 2.65 bits per heavy atom. The summed E-state index contributed by atoms with van der Waals surface area (Å²) in [6.45, 7) is 4.26. The highest BCUT2D eigenvalue weighted by atomic mass is 19.3. The molecule has 0 aliphatic carbocycles. The highest BCUT2D eigenvalue weighted by Crippen LogP contribution is 2.27. The molecule has 182 valence electrons. The number of fused-ring (bicyclic) bond motifs is 1. The van der Waals surface area contributed by atoms with E-state index in [0.29, 0.717) is 35.5 Å². The number of aromatic nitrogens is 2. The molecular formula is C23H27F2N5O4. The Kier molecular flexibility index (Phi) is 7.75. The standard InChI is InChI=1S/C23H27F2N5O4/c1-14-8-16(10-29-21(14)34-13-23(3,24)25)11-30-12-18-17(22(30)33)4-5-27-19(18)9-20(32)28-7-6-26-15(2)31/h4-5,8,10H,6-7,9,11-13H2,1-3H3,(H,26,31)(H,28,32). The van der Waals surface area contributed by atoms with Crippen molar-refractivity contribution in [3.8, 4) is 5.88 Å². The lowest BCUT2D eigenvalue weighted by Gasteiger charge is -2.17. The SMILES string of the molecule is CC(=O)NCCNC(=O)Cc1nccc2c1CN(Cc1cnc(OCC(C)(F)F)c(C)c1)C2=O. The summed E-state index contributed by atoms with van der Waals surface area (Å²) in [6, 6.07) is 3.37. The van der Waals surface area contributed by atoms with Crippen LogP contribution in [0.2, 0.25) is 0 Å². The van der Waals surface area contributed by atoms with Crippen LogP contribution in [0.3, 0.4) is 0 Å². The van der Waals surface area contributed by atoms with Gasteiger partial charge in [-0.25, -0.2) is 13.8 Å². The first-order valence-electron chi connectivity index (χ1n) is 10.8. The summed E-state index contributed by atoms with van der Waals surface area (Å²) in [5, 5.41) is 5.31. The number of nitrogens with one attached hydrogen (secondary N) is 2. The zero-order valence-corrected chi connectivity index (χ0v) is 19.3. The van der Waals surface area contributed by atoms with E-state index < -0.39 is 12.5 Å². The summed E-state index contributed by atoms with van der Waals surface area (Å²) >= 11 is 0. The maximum absolute atomic E-state index is 13.0. The molecule has 0 bridgehead atoms. The van der Waals surface area contributed by atoms with E-state index in [2.05, 4.69) is 20.6 Å². The molecule has 0 aromatic carbocycles. The minimum absolute atomic E-state index is 0.0130. The average Bonchev–Trinajstić information content (AvgIpc) is 3.06. The predicted octanol–water partition coefficient (Wildman–Crippen LogP) is 1.77. The number of alkyl halides is 2. The molecule has 1 aliphatic heterocycles. The van der Waals surface area contributed by atoms with E-state index in [9.17, 15) is 23.2 Å². The molecule has 2 N–H and O–H groups in total. The minimum Gasteiger partial charge on any atom is -0.471 e. The van der Waals surface area contributed by atoms with Gasteiger partial charge in [-0.15, -0.1) is 0 Å². The Morgan fingerprint density at radius 2 is 1.97 bits per heavy atom. The normalized spacial score (nSPS) is 13.0. The van der Waals surface area contributed by atoms with E-state index in [1.54, 1.807) is 24.0 Å². The van der Waals surface area contributed by atoms with Gasteiger partial charge < -0.3 is 20.3 Å². The van der Waals surface area contributed by atoms with Gasteiger partial charge in [-0.2, -0.15) is 0 Å². The second-order valence-electron chi connectivity index (χ2n) is 8.28. The fraction of sp³-hybridized carbons (Fsp3) is 0.435. The Hall–Kier alpha value is -3.63. The van der Waals surface area contributed by atoms with Crippen molar-refractivity contribution in [3.63, 3.8) is 0 Å². The zero-order chi connectivity index (χ0) is 24.9. The number of halogens is 2. The van der Waals surface area contributed by atoms with Crippen LogP contribution in [0.5, 0.6) is 5.88 Å². The highest BCUT2D eigenvalue weighted by Gasteiger charge is 2.30. The third-order valence-corrected chi connectivity index (χ3v) is 5.08. The Labute approximate surface area is 195 Å². The third kappa shape index (κ3) is 6.69. The van der Waals surface area contributed by atoms with Gasteiger partial charge in [0.25, 0.3) is 11.8 Å². The van der Waals surface area contributed by atoms with Crippen molar-refractivity contribution in [2.45, 2.75) is 46.2 Å². The Balaban J connectivity index is 1.63. The summed E-state index contributed by atoms with van der Waals surface area (Å²) in [5.41, 5.74) is 3.01. The second kappa shape index (κ2) is 10.5. The number of ether oxygens (including phenoxy) is 1. The molecule has 2 aromatic rings. The first kappa shape index (κ1) is 25.0. The molecule has 3 heterocycles. The Bertz CT molecular complexity index is 1090. The van der Waals surface area contributed by atoms with Gasteiger partial charge >= 0.3 is 0 Å². The highest BCUT2D eigenvalue weighted by molar-refractivity contribution is 5.98. The maximum atomic E-state index is 13.0. The van der Waals surface area contributed by atoms with Crippen LogP contribution >= 0.6 is 0 Å². The van der Waals surface area contributed by atoms with Crippen molar-refractivity contribution in [2.75, 3.05) is 19.7 Å². The van der Waals surface area contributed by atoms with Gasteiger partial charge in [-0.3, -0.25) is 19.4 Å². The molecule has 0 atom stereocenters. The maximum Gasteiger partial charge on any atom is 0.278 e. The lowest BCUT2D eigenvalue weighted by atomic mass is 10.1. The van der Waals surface area contributed by atoms with Crippen LogP contribution in [-0.4, -0.2) is 58.2 Å². The molecule has 0 saturated carbocycles. The van der Waals surface area contributed by atoms with Crippen LogP contribution < -0.4 is 15.4 Å². The lowest BCUT2D eigenvalue weighted by Crippen LogP contribution is -2.34. The van der Waals surface area contributed by atoms with Gasteiger partial charge in [0.05, 0.1) is 12.1 Å². The van der Waals surface area contributed by atoms with Crippen molar-refractivity contribution in [3.05, 3.63) is 52.5 Å². The molecule has 34 heavy (non-hydrogen) atoms. The van der Waals surface area contributed by atoms with E-state index in [1.165, 1.54) is 19.3 Å². The topological polar surface area (TPSA) is 114 Å². The second-order valence-corrected chi connectivity index (χ2v) is 8.28. The minimum atomic E-state index is -2.96. The van der Waals surface area contributed by atoms with Crippen LogP contribution in [0, 0.1) is 6.92 Å². The summed E-state index contributed by atoms with van der Waals surface area (Å²) in [4.78, 5) is 46.1. The first-order chi connectivity index (χ1) is 16.0. The average molecular weight is 475 g/mol. The molecule has 0 radical (unpaired) electrons. The summed E-state index contributed by atoms with van der Waals surface area (Å²) < 4.78 is 31.2. The number of carbonyl (C=O) groups is 3. The zero-order valence-electron chi connectivity index (χ0n) is 19.3. The number of nitrogens with zero attached hydrogens (tertiary/aromatic N) is 3. The molecule has 1 aliphatic rings. The van der Waals surface area contributed by atoms with Crippen molar-refractivity contribution >= 4 is 17.7 Å². The molecule has 0 fully saturated rings. The molecule has 11 heteroatoms. The molecule has 0 spiro atoms. The van der Waals surface area contributed by atoms with Gasteiger partial charge in [-0.1, -0.05) is 0 Å². The fourth-order valence-corrected chi connectivity index (χ4v) is 3.55. The van der Waals surface area contributed by atoms with Crippen molar-refractivity contribution < 1.29 is 27.9 Å². The van der Waals surface area contributed by atoms with E-state index >= 15 is 0 Å². The monoisotopic (exact) mass is 475 g/mol. The van der Waals surface area contributed by atoms with Crippen molar-refractivity contribution in [1.82, 2.24) is 25.5 Å². The van der Waals surface area contributed by atoms with E-state index in [4.69, 9.17) is 4.74 Å². The van der Waals surface area contributed by atoms with E-state index in [-0.39, 0.29) is 43.1 Å². The number of hydrogen-bond acceptors (Lipinski definition) is 6. The van der Waals surface area contributed by atoms with Gasteiger partial charge in [-0.05, 0) is 24.6 Å². The first-order valence-corrected chi connectivity index (χ1v) is 10.8. The van der Waals surface area contributed by atoms with Gasteiger partial charge in [0.2, 0.25) is 17.7 Å². The van der Waals surface area contributed by atoms with Crippen LogP contribution in [0.4, 0.5) is 8.78 Å². The number of pyridine rings is 2. The number of amides is 3. The van der Waals surface area contributed by atoms with Crippen molar-refractivity contribution in [1.29, 1.82) is 0 Å². The Morgan fingerprint density at radius 1 is 1.24 bits per heavy atom. The quantitative estimate of drug-likeness (QED) is 0.507. The van der Waals surface area contributed by atoms with Gasteiger partial charge in [0.1, 0.15) is 0 Å². The predicted molar refractivity (Wildman–Crippen MR) is 118 cm³/mol. The third-order valence-electron chi connectivity index (χ3n) is 5.08. The van der Waals surface area contributed by atoms with Crippen LogP contribution in [-0.2, 0) is 29.1 Å². The molecular weight excluding hydrogens is 448 g/mol.